The van der Waals surface area contributed by atoms with E-state index in [2.05, 4.69) is 0 Å². The maximum absolute atomic E-state index is 11.4. The molecule has 4 N–H and O–H groups in total. The Hall–Kier alpha value is -2.29. The smallest absolute Gasteiger partial charge is 0.161 e. The van der Waals surface area contributed by atoms with E-state index < -0.39 is 0 Å². The number of anilines is 2. The molecule has 0 saturated carbocycles. The summed E-state index contributed by atoms with van der Waals surface area (Å²) < 4.78 is 0. The van der Waals surface area contributed by atoms with E-state index in [1.807, 2.05) is 30.3 Å². The summed E-state index contributed by atoms with van der Waals surface area (Å²) in [5.41, 5.74) is 15.2. The third kappa shape index (κ3) is 2.28. The van der Waals surface area contributed by atoms with Gasteiger partial charge in [0.1, 0.15) is 0 Å². The predicted molar refractivity (Wildman–Crippen MR) is 70.7 cm³/mol. The Morgan fingerprint density at radius 2 is 1.71 bits per heavy atom. The van der Waals surface area contributed by atoms with Crippen LogP contribution >= 0.6 is 0 Å². The van der Waals surface area contributed by atoms with Crippen LogP contribution in [-0.2, 0) is 0 Å². The quantitative estimate of drug-likeness (QED) is 0.611. The van der Waals surface area contributed by atoms with Crippen molar-refractivity contribution < 1.29 is 4.79 Å². The van der Waals surface area contributed by atoms with Gasteiger partial charge in [-0.2, -0.15) is 0 Å². The van der Waals surface area contributed by atoms with Gasteiger partial charge in [-0.15, -0.1) is 0 Å². The van der Waals surface area contributed by atoms with Gasteiger partial charge in [-0.25, -0.2) is 0 Å². The van der Waals surface area contributed by atoms with E-state index in [4.69, 9.17) is 11.5 Å². The lowest BCUT2D eigenvalue weighted by atomic mass is 10.00. The minimum atomic E-state index is -0.0340. The van der Waals surface area contributed by atoms with E-state index in [1.165, 1.54) is 6.92 Å². The summed E-state index contributed by atoms with van der Waals surface area (Å²) in [4.78, 5) is 11.4. The predicted octanol–water partition coefficient (Wildman–Crippen LogP) is 2.72. The highest BCUT2D eigenvalue weighted by atomic mass is 16.1. The molecule has 0 heterocycles. The number of ketones is 1. The van der Waals surface area contributed by atoms with Gasteiger partial charge in [0.15, 0.2) is 5.78 Å². The number of hydrogen-bond acceptors (Lipinski definition) is 3. The van der Waals surface area contributed by atoms with Crippen LogP contribution in [0.15, 0.2) is 42.5 Å². The molecule has 0 fully saturated rings. The summed E-state index contributed by atoms with van der Waals surface area (Å²) >= 11 is 0. The first-order valence-corrected chi connectivity index (χ1v) is 5.34. The second-order valence-corrected chi connectivity index (χ2v) is 3.98. The molecule has 0 aliphatic carbocycles. The van der Waals surface area contributed by atoms with Crippen LogP contribution in [0.4, 0.5) is 11.4 Å². The average molecular weight is 226 g/mol. The molecule has 0 amide bonds. The Morgan fingerprint density at radius 3 is 2.35 bits per heavy atom. The van der Waals surface area contributed by atoms with Crippen molar-refractivity contribution in [2.24, 2.45) is 0 Å². The minimum absolute atomic E-state index is 0.0340. The first kappa shape index (κ1) is 11.2. The molecule has 0 aliphatic rings. The number of nitrogen functional groups attached to an aromatic ring is 2. The molecule has 3 nitrogen and oxygen atoms in total. The maximum Gasteiger partial charge on any atom is 0.161 e. The average Bonchev–Trinajstić information content (AvgIpc) is 2.29. The lowest BCUT2D eigenvalue weighted by molar-refractivity contribution is 0.101. The monoisotopic (exact) mass is 226 g/mol. The number of benzene rings is 2. The molecule has 0 spiro atoms. The van der Waals surface area contributed by atoms with Crippen molar-refractivity contribution in [3.63, 3.8) is 0 Å². The van der Waals surface area contributed by atoms with E-state index in [9.17, 15) is 4.79 Å². The fourth-order valence-electron chi connectivity index (χ4n) is 1.76. The summed E-state index contributed by atoms with van der Waals surface area (Å²) in [5.74, 6) is -0.0340. The van der Waals surface area contributed by atoms with Crippen molar-refractivity contribution >= 4 is 17.2 Å². The normalized spacial score (nSPS) is 10.2. The van der Waals surface area contributed by atoms with Gasteiger partial charge in [-0.1, -0.05) is 18.2 Å². The Morgan fingerprint density at radius 1 is 1.00 bits per heavy atom. The fraction of sp³-hybridized carbons (Fsp3) is 0.0714. The van der Waals surface area contributed by atoms with Gasteiger partial charge >= 0.3 is 0 Å². The van der Waals surface area contributed by atoms with Gasteiger partial charge in [-0.3, -0.25) is 4.79 Å². The highest BCUT2D eigenvalue weighted by Crippen LogP contribution is 2.25. The molecular formula is C14H14N2O. The minimum Gasteiger partial charge on any atom is -0.399 e. The van der Waals surface area contributed by atoms with Crippen molar-refractivity contribution in [3.05, 3.63) is 48.0 Å². The van der Waals surface area contributed by atoms with Crippen molar-refractivity contribution in [1.29, 1.82) is 0 Å². The standard InChI is InChI=1S/C14H14N2O/c1-9(17)13-8-11(5-6-14(13)16)10-3-2-4-12(15)7-10/h2-8H,15-16H2,1H3. The van der Waals surface area contributed by atoms with Crippen molar-refractivity contribution in [3.8, 4) is 11.1 Å². The van der Waals surface area contributed by atoms with E-state index in [0.29, 0.717) is 16.9 Å². The second-order valence-electron chi connectivity index (χ2n) is 3.98. The lowest BCUT2D eigenvalue weighted by Crippen LogP contribution is -1.99. The first-order chi connectivity index (χ1) is 8.08. The zero-order valence-corrected chi connectivity index (χ0v) is 9.60. The molecule has 2 rings (SSSR count). The van der Waals surface area contributed by atoms with Crippen LogP contribution in [0.5, 0.6) is 0 Å². The topological polar surface area (TPSA) is 69.1 Å². The molecule has 17 heavy (non-hydrogen) atoms. The van der Waals surface area contributed by atoms with Gasteiger partial charge in [0.05, 0.1) is 0 Å². The summed E-state index contributed by atoms with van der Waals surface area (Å²) in [5, 5.41) is 0. The Kier molecular flexibility index (Phi) is 2.83. The lowest BCUT2D eigenvalue weighted by Gasteiger charge is -2.07. The molecule has 0 aromatic heterocycles. The zero-order chi connectivity index (χ0) is 12.4. The van der Waals surface area contributed by atoms with Gasteiger partial charge in [0, 0.05) is 16.9 Å². The molecule has 0 radical (unpaired) electrons. The van der Waals surface area contributed by atoms with Crippen LogP contribution in [0.2, 0.25) is 0 Å². The van der Waals surface area contributed by atoms with Crippen LogP contribution in [0, 0.1) is 0 Å². The van der Waals surface area contributed by atoms with E-state index in [0.717, 1.165) is 11.1 Å². The summed E-state index contributed by atoms with van der Waals surface area (Å²) in [6.45, 7) is 1.51. The molecule has 0 unspecified atom stereocenters. The fourth-order valence-corrected chi connectivity index (χ4v) is 1.76. The molecule has 0 saturated heterocycles. The van der Waals surface area contributed by atoms with E-state index >= 15 is 0 Å². The first-order valence-electron chi connectivity index (χ1n) is 5.34. The third-order valence-electron chi connectivity index (χ3n) is 2.65. The highest BCUT2D eigenvalue weighted by molar-refractivity contribution is 6.00. The molecule has 0 aliphatic heterocycles. The third-order valence-corrected chi connectivity index (χ3v) is 2.65. The SMILES string of the molecule is CC(=O)c1cc(-c2cccc(N)c2)ccc1N. The van der Waals surface area contributed by atoms with Gasteiger partial charge < -0.3 is 11.5 Å². The zero-order valence-electron chi connectivity index (χ0n) is 9.60. The van der Waals surface area contributed by atoms with Crippen LogP contribution in [0.25, 0.3) is 11.1 Å². The van der Waals surface area contributed by atoms with Crippen molar-refractivity contribution in [2.45, 2.75) is 6.92 Å². The number of hydrogen-bond donors (Lipinski definition) is 2. The Bertz CT molecular complexity index is 576. The summed E-state index contributed by atoms with van der Waals surface area (Å²) in [6, 6.07) is 13.0. The molecule has 2 aromatic carbocycles. The van der Waals surface area contributed by atoms with Crippen LogP contribution in [-0.4, -0.2) is 5.78 Å². The van der Waals surface area contributed by atoms with Gasteiger partial charge in [-0.05, 0) is 42.3 Å². The molecule has 0 bridgehead atoms. The second kappa shape index (κ2) is 4.29. The molecule has 3 heteroatoms. The summed E-state index contributed by atoms with van der Waals surface area (Å²) in [7, 11) is 0. The molecule has 2 aromatic rings. The van der Waals surface area contributed by atoms with Crippen LogP contribution in [0.1, 0.15) is 17.3 Å². The number of Topliss-reactive ketones (excluding diaryl/α,β-unsaturated/α-hetero) is 1. The van der Waals surface area contributed by atoms with E-state index in [1.54, 1.807) is 12.1 Å². The Labute approximate surface area is 100 Å². The molecule has 86 valence electrons. The maximum atomic E-state index is 11.4. The molecular weight excluding hydrogens is 212 g/mol. The molecule has 0 atom stereocenters. The van der Waals surface area contributed by atoms with Crippen LogP contribution in [0.3, 0.4) is 0 Å². The number of carbonyl (C=O) groups is 1. The van der Waals surface area contributed by atoms with Gasteiger partial charge in [0.25, 0.3) is 0 Å². The number of nitrogens with two attached hydrogens (primary N) is 2. The van der Waals surface area contributed by atoms with E-state index in [-0.39, 0.29) is 5.78 Å². The van der Waals surface area contributed by atoms with Gasteiger partial charge in [0.2, 0.25) is 0 Å². The Balaban J connectivity index is 2.54. The van der Waals surface area contributed by atoms with Crippen molar-refractivity contribution in [1.82, 2.24) is 0 Å². The number of rotatable bonds is 2. The van der Waals surface area contributed by atoms with Crippen molar-refractivity contribution in [2.75, 3.05) is 11.5 Å². The highest BCUT2D eigenvalue weighted by Gasteiger charge is 2.07. The summed E-state index contributed by atoms with van der Waals surface area (Å²) in [6.07, 6.45) is 0. The number of carbonyl (C=O) groups excluding carboxylic acids is 1. The largest absolute Gasteiger partial charge is 0.399 e. The van der Waals surface area contributed by atoms with Crippen LogP contribution < -0.4 is 11.5 Å².